The van der Waals surface area contributed by atoms with Crippen LogP contribution in [0.15, 0.2) is 0 Å². The van der Waals surface area contributed by atoms with Crippen LogP contribution in [0.1, 0.15) is 38.3 Å². The molecular formula is C17H30N6. The van der Waals surface area contributed by atoms with Gasteiger partial charge in [0.2, 0.25) is 0 Å². The van der Waals surface area contributed by atoms with E-state index in [1.165, 1.54) is 63.8 Å². The summed E-state index contributed by atoms with van der Waals surface area (Å²) in [7, 11) is 0. The van der Waals surface area contributed by atoms with Gasteiger partial charge in [-0.25, -0.2) is 0 Å². The maximum Gasteiger partial charge on any atom is 0.147 e. The van der Waals surface area contributed by atoms with E-state index in [0.29, 0.717) is 6.04 Å². The SMILES string of the molecule is CC(C)N1CCN(C2CN(Cc3nnc4n3CCCC4)C2)CC1. The standard InChI is InChI=1S/C17H30N6/c1-14(2)21-7-9-22(10-8-21)15-11-20(12-15)13-17-19-18-16-5-3-4-6-23(16)17/h14-15H,3-13H2,1-2H3. The van der Waals surface area contributed by atoms with Crippen LogP contribution in [0.2, 0.25) is 0 Å². The number of aromatic nitrogens is 3. The van der Waals surface area contributed by atoms with Gasteiger partial charge in [0.1, 0.15) is 11.6 Å². The molecule has 0 aromatic carbocycles. The van der Waals surface area contributed by atoms with Crippen LogP contribution < -0.4 is 0 Å². The van der Waals surface area contributed by atoms with Gasteiger partial charge in [-0.05, 0) is 26.7 Å². The molecule has 4 rings (SSSR count). The minimum Gasteiger partial charge on any atom is -0.314 e. The van der Waals surface area contributed by atoms with Gasteiger partial charge in [-0.15, -0.1) is 10.2 Å². The summed E-state index contributed by atoms with van der Waals surface area (Å²) < 4.78 is 2.36. The van der Waals surface area contributed by atoms with E-state index in [0.717, 1.165) is 25.6 Å². The predicted octanol–water partition coefficient (Wildman–Crippen LogP) is 0.825. The molecule has 128 valence electrons. The van der Waals surface area contributed by atoms with Crippen LogP contribution in [0, 0.1) is 0 Å². The molecule has 6 heteroatoms. The van der Waals surface area contributed by atoms with Gasteiger partial charge in [-0.2, -0.15) is 0 Å². The average Bonchev–Trinajstić information content (AvgIpc) is 2.94. The zero-order valence-corrected chi connectivity index (χ0v) is 14.6. The molecule has 0 unspecified atom stereocenters. The number of likely N-dealkylation sites (tertiary alicyclic amines) is 1. The second kappa shape index (κ2) is 6.49. The molecule has 1 aromatic heterocycles. The van der Waals surface area contributed by atoms with E-state index in [9.17, 15) is 0 Å². The highest BCUT2D eigenvalue weighted by Crippen LogP contribution is 2.21. The summed E-state index contributed by atoms with van der Waals surface area (Å²) in [6, 6.07) is 1.45. The molecule has 0 amide bonds. The smallest absolute Gasteiger partial charge is 0.147 e. The van der Waals surface area contributed by atoms with Crippen molar-refractivity contribution in [3.05, 3.63) is 11.6 Å². The largest absolute Gasteiger partial charge is 0.314 e. The molecule has 3 aliphatic heterocycles. The maximum atomic E-state index is 4.44. The molecule has 0 saturated carbocycles. The van der Waals surface area contributed by atoms with Crippen LogP contribution in [-0.2, 0) is 19.5 Å². The Kier molecular flexibility index (Phi) is 4.39. The molecule has 6 nitrogen and oxygen atoms in total. The van der Waals surface area contributed by atoms with Crippen molar-refractivity contribution in [2.75, 3.05) is 39.3 Å². The summed E-state index contributed by atoms with van der Waals surface area (Å²) in [5.41, 5.74) is 0. The summed E-state index contributed by atoms with van der Waals surface area (Å²) in [6.07, 6.45) is 3.66. The molecule has 0 radical (unpaired) electrons. The Balaban J connectivity index is 1.25. The third-order valence-corrected chi connectivity index (χ3v) is 5.83. The van der Waals surface area contributed by atoms with Crippen LogP contribution in [0.3, 0.4) is 0 Å². The molecule has 2 saturated heterocycles. The van der Waals surface area contributed by atoms with Crippen molar-refractivity contribution in [3.63, 3.8) is 0 Å². The molecule has 0 N–H and O–H groups in total. The number of aryl methyl sites for hydroxylation is 1. The predicted molar refractivity (Wildman–Crippen MR) is 90.3 cm³/mol. The molecular weight excluding hydrogens is 288 g/mol. The van der Waals surface area contributed by atoms with E-state index in [1.807, 2.05) is 0 Å². The minimum atomic E-state index is 0.689. The second-order valence-corrected chi connectivity index (χ2v) is 7.65. The van der Waals surface area contributed by atoms with Crippen molar-refractivity contribution in [1.82, 2.24) is 29.5 Å². The minimum absolute atomic E-state index is 0.689. The Hall–Kier alpha value is -0.980. The van der Waals surface area contributed by atoms with Gasteiger partial charge in [0, 0.05) is 64.3 Å². The monoisotopic (exact) mass is 318 g/mol. The van der Waals surface area contributed by atoms with Gasteiger partial charge >= 0.3 is 0 Å². The highest BCUT2D eigenvalue weighted by Gasteiger charge is 2.34. The van der Waals surface area contributed by atoms with Gasteiger partial charge in [0.25, 0.3) is 0 Å². The lowest BCUT2D eigenvalue weighted by atomic mass is 10.1. The van der Waals surface area contributed by atoms with E-state index in [1.54, 1.807) is 0 Å². The lowest BCUT2D eigenvalue weighted by Gasteiger charge is -2.48. The van der Waals surface area contributed by atoms with Crippen molar-refractivity contribution in [3.8, 4) is 0 Å². The zero-order valence-electron chi connectivity index (χ0n) is 14.6. The quantitative estimate of drug-likeness (QED) is 0.822. The number of hydrogen-bond acceptors (Lipinski definition) is 5. The molecule has 4 heterocycles. The first-order valence-electron chi connectivity index (χ1n) is 9.32. The number of hydrogen-bond donors (Lipinski definition) is 0. The normalized spacial score (nSPS) is 24.8. The van der Waals surface area contributed by atoms with E-state index in [2.05, 4.69) is 43.3 Å². The first-order chi connectivity index (χ1) is 11.2. The first kappa shape index (κ1) is 15.5. The molecule has 1 aromatic rings. The molecule has 0 spiro atoms. The van der Waals surface area contributed by atoms with Crippen molar-refractivity contribution in [2.45, 2.75) is 58.3 Å². The highest BCUT2D eigenvalue weighted by molar-refractivity contribution is 5.01. The number of rotatable bonds is 4. The van der Waals surface area contributed by atoms with Crippen molar-refractivity contribution < 1.29 is 0 Å². The molecule has 2 fully saturated rings. The van der Waals surface area contributed by atoms with E-state index >= 15 is 0 Å². The summed E-state index contributed by atoms with van der Waals surface area (Å²) in [6.45, 7) is 14.0. The molecule has 0 atom stereocenters. The van der Waals surface area contributed by atoms with Gasteiger partial charge < -0.3 is 4.57 Å². The average molecular weight is 318 g/mol. The number of piperazine rings is 1. The van der Waals surface area contributed by atoms with Crippen LogP contribution in [0.25, 0.3) is 0 Å². The molecule has 23 heavy (non-hydrogen) atoms. The van der Waals surface area contributed by atoms with Gasteiger partial charge in [-0.1, -0.05) is 0 Å². The molecule has 0 bridgehead atoms. The Bertz CT molecular complexity index is 525. The second-order valence-electron chi connectivity index (χ2n) is 7.65. The van der Waals surface area contributed by atoms with Crippen molar-refractivity contribution in [2.24, 2.45) is 0 Å². The van der Waals surface area contributed by atoms with Crippen molar-refractivity contribution in [1.29, 1.82) is 0 Å². The fourth-order valence-electron chi connectivity index (χ4n) is 4.21. The zero-order chi connectivity index (χ0) is 15.8. The Morgan fingerprint density at radius 2 is 1.78 bits per heavy atom. The van der Waals surface area contributed by atoms with Gasteiger partial charge in [0.15, 0.2) is 0 Å². The van der Waals surface area contributed by atoms with Gasteiger partial charge in [-0.3, -0.25) is 14.7 Å². The van der Waals surface area contributed by atoms with E-state index in [4.69, 9.17) is 0 Å². The Morgan fingerprint density at radius 1 is 1.00 bits per heavy atom. The summed E-state index contributed by atoms with van der Waals surface area (Å²) in [5.74, 6) is 2.39. The molecule has 0 aliphatic carbocycles. The summed E-state index contributed by atoms with van der Waals surface area (Å²) in [5, 5.41) is 8.81. The van der Waals surface area contributed by atoms with E-state index in [-0.39, 0.29) is 0 Å². The highest BCUT2D eigenvalue weighted by atomic mass is 15.4. The maximum absolute atomic E-state index is 4.44. The summed E-state index contributed by atoms with van der Waals surface area (Å²) in [4.78, 5) is 7.81. The number of nitrogens with zero attached hydrogens (tertiary/aromatic N) is 6. The van der Waals surface area contributed by atoms with Crippen LogP contribution in [0.4, 0.5) is 0 Å². The third-order valence-electron chi connectivity index (χ3n) is 5.83. The first-order valence-corrected chi connectivity index (χ1v) is 9.32. The fourth-order valence-corrected chi connectivity index (χ4v) is 4.21. The lowest BCUT2D eigenvalue weighted by Crippen LogP contribution is -2.63. The topological polar surface area (TPSA) is 40.4 Å². The number of fused-ring (bicyclic) bond motifs is 1. The van der Waals surface area contributed by atoms with Gasteiger partial charge in [0.05, 0.1) is 6.54 Å². The third kappa shape index (κ3) is 3.16. The molecule has 3 aliphatic rings. The van der Waals surface area contributed by atoms with Crippen LogP contribution >= 0.6 is 0 Å². The summed E-state index contributed by atoms with van der Waals surface area (Å²) >= 11 is 0. The van der Waals surface area contributed by atoms with Crippen LogP contribution in [0.5, 0.6) is 0 Å². The lowest BCUT2D eigenvalue weighted by molar-refractivity contribution is -0.00564. The Morgan fingerprint density at radius 3 is 2.52 bits per heavy atom. The van der Waals surface area contributed by atoms with Crippen LogP contribution in [-0.4, -0.2) is 80.8 Å². The van der Waals surface area contributed by atoms with E-state index < -0.39 is 0 Å². The Labute approximate surface area is 139 Å². The van der Waals surface area contributed by atoms with Crippen molar-refractivity contribution >= 4 is 0 Å². The fraction of sp³-hybridized carbons (Fsp3) is 0.882.